The van der Waals surface area contributed by atoms with Crippen molar-refractivity contribution in [2.45, 2.75) is 25.0 Å². The number of sulfone groups is 1. The number of methoxy groups -OCH3 is 1. The largest absolute Gasteiger partial charge is 0.469 e. The molecule has 0 amide bonds. The van der Waals surface area contributed by atoms with Crippen LogP contribution in [0.1, 0.15) is 24.8 Å². The van der Waals surface area contributed by atoms with Gasteiger partial charge in [0.25, 0.3) is 0 Å². The molecule has 0 bridgehead atoms. The molecule has 1 aliphatic carbocycles. The predicted octanol–water partition coefficient (Wildman–Crippen LogP) is 2.74. The van der Waals surface area contributed by atoms with E-state index in [9.17, 15) is 17.6 Å². The van der Waals surface area contributed by atoms with E-state index < -0.39 is 32.8 Å². The maximum atomic E-state index is 13.7. The minimum absolute atomic E-state index is 0.0203. The van der Waals surface area contributed by atoms with Gasteiger partial charge in [-0.25, -0.2) is 12.8 Å². The van der Waals surface area contributed by atoms with E-state index >= 15 is 0 Å². The molecule has 7 heteroatoms. The molecule has 0 heterocycles. The van der Waals surface area contributed by atoms with E-state index in [2.05, 4.69) is 4.74 Å². The number of carbonyl (C=O) groups excluding carboxylic acids is 1. The highest BCUT2D eigenvalue weighted by molar-refractivity contribution is 7.90. The molecule has 1 aliphatic rings. The molecule has 0 unspecified atom stereocenters. The average molecular weight is 335 g/mol. The third kappa shape index (κ3) is 4.17. The van der Waals surface area contributed by atoms with Crippen molar-refractivity contribution in [3.05, 3.63) is 34.6 Å². The van der Waals surface area contributed by atoms with Crippen LogP contribution in [0.3, 0.4) is 0 Å². The maximum Gasteiger partial charge on any atom is 0.306 e. The number of halogens is 2. The van der Waals surface area contributed by atoms with E-state index in [1.807, 2.05) is 0 Å². The fraction of sp³-hybridized carbons (Fsp3) is 0.500. The lowest BCUT2D eigenvalue weighted by atomic mass is 10.1. The van der Waals surface area contributed by atoms with Crippen molar-refractivity contribution in [1.29, 1.82) is 0 Å². The third-order valence-corrected chi connectivity index (χ3v) is 5.79. The van der Waals surface area contributed by atoms with Crippen molar-refractivity contribution in [2.75, 3.05) is 12.9 Å². The van der Waals surface area contributed by atoms with Gasteiger partial charge in [0.1, 0.15) is 5.82 Å². The minimum atomic E-state index is -3.56. The molecule has 0 spiro atoms. The number of benzene rings is 1. The van der Waals surface area contributed by atoms with Crippen LogP contribution in [0.25, 0.3) is 0 Å². The first-order chi connectivity index (χ1) is 9.77. The van der Waals surface area contributed by atoms with E-state index in [0.717, 1.165) is 0 Å². The Bertz CT molecular complexity index is 633. The number of hydrogen-bond acceptors (Lipinski definition) is 4. The van der Waals surface area contributed by atoms with Crippen molar-refractivity contribution in [3.63, 3.8) is 0 Å². The van der Waals surface area contributed by atoms with Gasteiger partial charge in [0, 0.05) is 10.6 Å². The number of ether oxygens (including phenoxy) is 1. The van der Waals surface area contributed by atoms with Crippen LogP contribution in [0.5, 0.6) is 0 Å². The molecule has 1 aromatic carbocycles. The SMILES string of the molecule is COC(=O)CC1(CS(=O)(=O)Cc2c(F)cccc2Cl)CC1. The van der Waals surface area contributed by atoms with E-state index in [4.69, 9.17) is 11.6 Å². The Morgan fingerprint density at radius 2 is 2.10 bits per heavy atom. The first kappa shape index (κ1) is 16.2. The summed E-state index contributed by atoms with van der Waals surface area (Å²) in [7, 11) is -2.29. The fourth-order valence-corrected chi connectivity index (χ4v) is 4.80. The molecule has 0 saturated heterocycles. The van der Waals surface area contributed by atoms with Crippen molar-refractivity contribution in [1.82, 2.24) is 0 Å². The van der Waals surface area contributed by atoms with Crippen LogP contribution < -0.4 is 0 Å². The Kier molecular flexibility index (Phi) is 4.58. The quantitative estimate of drug-likeness (QED) is 0.750. The second-order valence-corrected chi connectivity index (χ2v) is 7.96. The van der Waals surface area contributed by atoms with Crippen LogP contribution in [0, 0.1) is 11.2 Å². The lowest BCUT2D eigenvalue weighted by Gasteiger charge is -2.14. The summed E-state index contributed by atoms with van der Waals surface area (Å²) in [5.41, 5.74) is -0.572. The van der Waals surface area contributed by atoms with Crippen molar-refractivity contribution in [2.24, 2.45) is 5.41 Å². The number of hydrogen-bond donors (Lipinski definition) is 0. The van der Waals surface area contributed by atoms with E-state index in [0.29, 0.717) is 12.8 Å². The molecule has 21 heavy (non-hydrogen) atoms. The third-order valence-electron chi connectivity index (χ3n) is 3.66. The second-order valence-electron chi connectivity index (χ2n) is 5.49. The Labute approximate surface area is 128 Å². The first-order valence-corrected chi connectivity index (χ1v) is 8.67. The summed E-state index contributed by atoms with van der Waals surface area (Å²) in [5, 5.41) is 0.0939. The number of rotatable bonds is 6. The fourth-order valence-electron chi connectivity index (χ4n) is 2.33. The topological polar surface area (TPSA) is 60.4 Å². The van der Waals surface area contributed by atoms with Crippen LogP contribution in [-0.4, -0.2) is 27.2 Å². The summed E-state index contributed by atoms with van der Waals surface area (Å²) in [4.78, 5) is 11.3. The Morgan fingerprint density at radius 3 is 2.62 bits per heavy atom. The highest BCUT2D eigenvalue weighted by Gasteiger charge is 2.48. The monoisotopic (exact) mass is 334 g/mol. The van der Waals surface area contributed by atoms with E-state index in [1.165, 1.54) is 25.3 Å². The Hall–Kier alpha value is -1.14. The molecule has 0 N–H and O–H groups in total. The Morgan fingerprint density at radius 1 is 1.43 bits per heavy atom. The molecule has 0 radical (unpaired) electrons. The summed E-state index contributed by atoms with van der Waals surface area (Å²) < 4.78 is 42.8. The molecule has 4 nitrogen and oxygen atoms in total. The standard InChI is InChI=1S/C14H16ClFO4S/c1-20-13(17)7-14(5-6-14)9-21(18,19)8-10-11(15)3-2-4-12(10)16/h2-4H,5-9H2,1H3. The smallest absolute Gasteiger partial charge is 0.306 e. The summed E-state index contributed by atoms with van der Waals surface area (Å²) in [6, 6.07) is 4.06. The van der Waals surface area contributed by atoms with Gasteiger partial charge in [-0.1, -0.05) is 17.7 Å². The lowest BCUT2D eigenvalue weighted by Crippen LogP contribution is -2.22. The number of esters is 1. The van der Waals surface area contributed by atoms with Crippen molar-refractivity contribution >= 4 is 27.4 Å². The molecule has 1 saturated carbocycles. The van der Waals surface area contributed by atoms with Crippen LogP contribution in [0.15, 0.2) is 18.2 Å². The summed E-state index contributed by atoms with van der Waals surface area (Å²) in [5.74, 6) is -1.67. The van der Waals surface area contributed by atoms with E-state index in [1.54, 1.807) is 0 Å². The van der Waals surface area contributed by atoms with Gasteiger partial charge in [-0.2, -0.15) is 0 Å². The van der Waals surface area contributed by atoms with E-state index in [-0.39, 0.29) is 22.8 Å². The van der Waals surface area contributed by atoms with Gasteiger partial charge < -0.3 is 4.74 Å². The average Bonchev–Trinajstić information content (AvgIpc) is 3.12. The Balaban J connectivity index is 2.11. The lowest BCUT2D eigenvalue weighted by molar-refractivity contribution is -0.141. The van der Waals surface area contributed by atoms with Gasteiger partial charge in [-0.05, 0) is 30.4 Å². The highest BCUT2D eigenvalue weighted by Crippen LogP contribution is 2.50. The molecule has 0 atom stereocenters. The van der Waals surface area contributed by atoms with Crippen LogP contribution >= 0.6 is 11.6 Å². The zero-order valence-corrected chi connectivity index (χ0v) is 13.1. The minimum Gasteiger partial charge on any atom is -0.469 e. The first-order valence-electron chi connectivity index (χ1n) is 6.47. The molecule has 2 rings (SSSR count). The predicted molar refractivity (Wildman–Crippen MR) is 77.2 cm³/mol. The molecular weight excluding hydrogens is 319 g/mol. The van der Waals surface area contributed by atoms with Gasteiger partial charge in [0.15, 0.2) is 9.84 Å². The summed E-state index contributed by atoms with van der Waals surface area (Å²) in [6.45, 7) is 0. The second kappa shape index (κ2) is 5.93. The zero-order valence-electron chi connectivity index (χ0n) is 11.6. The van der Waals surface area contributed by atoms with Crippen molar-refractivity contribution in [3.8, 4) is 0 Å². The normalized spacial score (nSPS) is 16.5. The van der Waals surface area contributed by atoms with Crippen molar-refractivity contribution < 1.29 is 22.3 Å². The van der Waals surface area contributed by atoms with Gasteiger partial charge in [0.05, 0.1) is 25.0 Å². The summed E-state index contributed by atoms with van der Waals surface area (Å²) in [6.07, 6.45) is 1.40. The van der Waals surface area contributed by atoms with Gasteiger partial charge in [-0.15, -0.1) is 0 Å². The zero-order chi connectivity index (χ0) is 15.7. The molecule has 0 aliphatic heterocycles. The maximum absolute atomic E-state index is 13.7. The van der Waals surface area contributed by atoms with Crippen LogP contribution in [-0.2, 0) is 25.1 Å². The summed E-state index contributed by atoms with van der Waals surface area (Å²) >= 11 is 5.85. The molecule has 1 aromatic rings. The van der Waals surface area contributed by atoms with Gasteiger partial charge in [-0.3, -0.25) is 4.79 Å². The molecule has 1 fully saturated rings. The molecule has 116 valence electrons. The molecular formula is C14H16ClFO4S. The number of carbonyl (C=O) groups is 1. The van der Waals surface area contributed by atoms with Crippen LogP contribution in [0.2, 0.25) is 5.02 Å². The molecule has 0 aromatic heterocycles. The highest BCUT2D eigenvalue weighted by atomic mass is 35.5. The van der Waals surface area contributed by atoms with Gasteiger partial charge in [0.2, 0.25) is 0 Å². The van der Waals surface area contributed by atoms with Crippen LogP contribution in [0.4, 0.5) is 4.39 Å². The van der Waals surface area contributed by atoms with Gasteiger partial charge >= 0.3 is 5.97 Å².